The van der Waals surface area contributed by atoms with Crippen LogP contribution in [0.2, 0.25) is 0 Å². The zero-order chi connectivity index (χ0) is 21.9. The van der Waals surface area contributed by atoms with E-state index in [2.05, 4.69) is 14.9 Å². The number of hydrogen-bond donors (Lipinski definition) is 0. The first kappa shape index (κ1) is 20.7. The molecule has 0 radical (unpaired) electrons. The molecule has 0 spiro atoms. The number of benzene rings is 2. The van der Waals surface area contributed by atoms with Gasteiger partial charge in [-0.25, -0.2) is 4.98 Å². The van der Waals surface area contributed by atoms with E-state index in [9.17, 15) is 4.79 Å². The SMILES string of the molecule is COc1ccc2sc(N(CCN3CCOCC3)C(=O)c3ccc4nccnc4c3)nc2c1. The number of anilines is 1. The molecule has 2 aromatic heterocycles. The van der Waals surface area contributed by atoms with Gasteiger partial charge in [0.1, 0.15) is 5.75 Å². The molecule has 4 aromatic rings. The molecule has 1 fully saturated rings. The number of methoxy groups -OCH3 is 1. The summed E-state index contributed by atoms with van der Waals surface area (Å²) in [5.41, 5.74) is 2.84. The molecule has 5 rings (SSSR count). The molecule has 0 atom stereocenters. The first-order chi connectivity index (χ1) is 15.7. The van der Waals surface area contributed by atoms with E-state index in [-0.39, 0.29) is 5.91 Å². The molecule has 0 bridgehead atoms. The summed E-state index contributed by atoms with van der Waals surface area (Å²) < 4.78 is 11.8. The average Bonchev–Trinajstić information content (AvgIpc) is 3.27. The lowest BCUT2D eigenvalue weighted by atomic mass is 10.1. The highest BCUT2D eigenvalue weighted by atomic mass is 32.1. The van der Waals surface area contributed by atoms with Crippen molar-refractivity contribution in [2.45, 2.75) is 0 Å². The van der Waals surface area contributed by atoms with Crippen LogP contribution in [0.15, 0.2) is 48.8 Å². The van der Waals surface area contributed by atoms with E-state index in [0.29, 0.717) is 22.8 Å². The first-order valence-electron chi connectivity index (χ1n) is 10.5. The molecule has 0 unspecified atom stereocenters. The monoisotopic (exact) mass is 449 g/mol. The number of fused-ring (bicyclic) bond motifs is 2. The maximum atomic E-state index is 13.6. The third-order valence-electron chi connectivity index (χ3n) is 5.52. The number of nitrogens with zero attached hydrogens (tertiary/aromatic N) is 5. The lowest BCUT2D eigenvalue weighted by Crippen LogP contribution is -2.43. The number of ether oxygens (including phenoxy) is 2. The van der Waals surface area contributed by atoms with Crippen LogP contribution >= 0.6 is 11.3 Å². The van der Waals surface area contributed by atoms with Crippen molar-refractivity contribution in [3.63, 3.8) is 0 Å². The minimum Gasteiger partial charge on any atom is -0.497 e. The third-order valence-corrected chi connectivity index (χ3v) is 6.58. The average molecular weight is 450 g/mol. The van der Waals surface area contributed by atoms with Gasteiger partial charge < -0.3 is 9.47 Å². The molecule has 1 amide bonds. The lowest BCUT2D eigenvalue weighted by Gasteiger charge is -2.29. The van der Waals surface area contributed by atoms with E-state index < -0.39 is 0 Å². The van der Waals surface area contributed by atoms with E-state index in [1.54, 1.807) is 36.5 Å². The summed E-state index contributed by atoms with van der Waals surface area (Å²) in [6, 6.07) is 11.2. The molecular weight excluding hydrogens is 426 g/mol. The molecule has 0 aliphatic carbocycles. The Morgan fingerprint density at radius 1 is 1.09 bits per heavy atom. The van der Waals surface area contributed by atoms with Gasteiger partial charge in [0, 0.05) is 50.2 Å². The molecule has 1 aliphatic rings. The van der Waals surface area contributed by atoms with E-state index in [4.69, 9.17) is 14.5 Å². The Morgan fingerprint density at radius 2 is 1.91 bits per heavy atom. The summed E-state index contributed by atoms with van der Waals surface area (Å²) in [6.07, 6.45) is 3.28. The largest absolute Gasteiger partial charge is 0.497 e. The highest BCUT2D eigenvalue weighted by Crippen LogP contribution is 2.32. The van der Waals surface area contributed by atoms with E-state index in [0.717, 1.165) is 54.3 Å². The molecule has 2 aromatic carbocycles. The van der Waals surface area contributed by atoms with E-state index >= 15 is 0 Å². The van der Waals surface area contributed by atoms with Crippen molar-refractivity contribution in [2.75, 3.05) is 51.4 Å². The molecule has 8 nitrogen and oxygen atoms in total. The number of carbonyl (C=O) groups is 1. The predicted octanol–water partition coefficient (Wildman–Crippen LogP) is 3.23. The molecule has 9 heteroatoms. The topological polar surface area (TPSA) is 80.7 Å². The molecule has 0 saturated carbocycles. The van der Waals surface area contributed by atoms with Crippen LogP contribution in [-0.4, -0.2) is 72.3 Å². The van der Waals surface area contributed by atoms with Crippen molar-refractivity contribution in [2.24, 2.45) is 0 Å². The number of aromatic nitrogens is 3. The fourth-order valence-electron chi connectivity index (χ4n) is 3.74. The van der Waals surface area contributed by atoms with Crippen LogP contribution in [0.3, 0.4) is 0 Å². The van der Waals surface area contributed by atoms with Gasteiger partial charge in [0.15, 0.2) is 5.13 Å². The van der Waals surface area contributed by atoms with Gasteiger partial charge in [-0.15, -0.1) is 0 Å². The van der Waals surface area contributed by atoms with Gasteiger partial charge in [-0.3, -0.25) is 24.6 Å². The normalized spacial score (nSPS) is 14.7. The summed E-state index contributed by atoms with van der Waals surface area (Å²) >= 11 is 1.51. The van der Waals surface area contributed by atoms with Crippen molar-refractivity contribution < 1.29 is 14.3 Å². The molecular formula is C23H23N5O3S. The lowest BCUT2D eigenvalue weighted by molar-refractivity contribution is 0.0391. The highest BCUT2D eigenvalue weighted by molar-refractivity contribution is 7.22. The number of carbonyl (C=O) groups excluding carboxylic acids is 1. The summed E-state index contributed by atoms with van der Waals surface area (Å²) in [5.74, 6) is 0.644. The van der Waals surface area contributed by atoms with Crippen molar-refractivity contribution in [1.29, 1.82) is 0 Å². The van der Waals surface area contributed by atoms with Gasteiger partial charge in [-0.05, 0) is 30.3 Å². The van der Waals surface area contributed by atoms with E-state index in [1.165, 1.54) is 11.3 Å². The fraction of sp³-hybridized carbons (Fsp3) is 0.304. The van der Waals surface area contributed by atoms with Crippen LogP contribution in [0.25, 0.3) is 21.3 Å². The molecule has 164 valence electrons. The van der Waals surface area contributed by atoms with Crippen LogP contribution in [0.1, 0.15) is 10.4 Å². The third kappa shape index (κ3) is 4.27. The van der Waals surface area contributed by atoms with E-state index in [1.807, 2.05) is 24.3 Å². The maximum Gasteiger partial charge on any atom is 0.260 e. The Hall–Kier alpha value is -3.14. The number of hydrogen-bond acceptors (Lipinski definition) is 8. The van der Waals surface area contributed by atoms with Gasteiger partial charge in [-0.1, -0.05) is 11.3 Å². The Kier molecular flexibility index (Phi) is 5.93. The Balaban J connectivity index is 1.48. The Morgan fingerprint density at radius 3 is 2.72 bits per heavy atom. The smallest absolute Gasteiger partial charge is 0.260 e. The second-order valence-corrected chi connectivity index (χ2v) is 8.51. The molecule has 0 N–H and O–H groups in total. The quantitative estimate of drug-likeness (QED) is 0.447. The minimum atomic E-state index is -0.100. The summed E-state index contributed by atoms with van der Waals surface area (Å²) in [5, 5.41) is 0.672. The van der Waals surface area contributed by atoms with Crippen molar-refractivity contribution >= 4 is 43.6 Å². The molecule has 1 aliphatic heterocycles. The standard InChI is InChI=1S/C23H23N5O3S/c1-30-17-3-5-21-20(15-17)26-23(32-21)28(9-8-27-10-12-31-13-11-27)22(29)16-2-4-18-19(14-16)25-7-6-24-18/h2-7,14-15H,8-13H2,1H3. The second kappa shape index (κ2) is 9.15. The van der Waals surface area contributed by atoms with Crippen LogP contribution in [0.4, 0.5) is 5.13 Å². The highest BCUT2D eigenvalue weighted by Gasteiger charge is 2.23. The van der Waals surface area contributed by atoms with Crippen LogP contribution < -0.4 is 9.64 Å². The van der Waals surface area contributed by atoms with Crippen LogP contribution in [0.5, 0.6) is 5.75 Å². The van der Waals surface area contributed by atoms with Gasteiger partial charge in [0.25, 0.3) is 5.91 Å². The minimum absolute atomic E-state index is 0.100. The van der Waals surface area contributed by atoms with Gasteiger partial charge >= 0.3 is 0 Å². The Bertz CT molecular complexity index is 1250. The van der Waals surface area contributed by atoms with Crippen LogP contribution in [-0.2, 0) is 4.74 Å². The number of thiazole rings is 1. The summed E-state index contributed by atoms with van der Waals surface area (Å²) in [7, 11) is 1.63. The molecule has 32 heavy (non-hydrogen) atoms. The van der Waals surface area contributed by atoms with Gasteiger partial charge in [0.2, 0.25) is 0 Å². The number of morpholine rings is 1. The fourth-order valence-corrected chi connectivity index (χ4v) is 4.71. The Labute approximate surface area is 189 Å². The molecule has 3 heterocycles. The molecule has 1 saturated heterocycles. The van der Waals surface area contributed by atoms with Crippen molar-refractivity contribution in [1.82, 2.24) is 19.9 Å². The maximum absolute atomic E-state index is 13.6. The zero-order valence-electron chi connectivity index (χ0n) is 17.7. The van der Waals surface area contributed by atoms with Crippen LogP contribution in [0, 0.1) is 0 Å². The first-order valence-corrected chi connectivity index (χ1v) is 11.3. The summed E-state index contributed by atoms with van der Waals surface area (Å²) in [4.78, 5) is 31.1. The van der Waals surface area contributed by atoms with Crippen molar-refractivity contribution in [3.05, 3.63) is 54.4 Å². The predicted molar refractivity (Wildman–Crippen MR) is 125 cm³/mol. The number of amides is 1. The summed E-state index contributed by atoms with van der Waals surface area (Å²) in [6.45, 7) is 4.46. The van der Waals surface area contributed by atoms with Gasteiger partial charge in [-0.2, -0.15) is 0 Å². The number of rotatable bonds is 6. The zero-order valence-corrected chi connectivity index (χ0v) is 18.5. The van der Waals surface area contributed by atoms with Gasteiger partial charge in [0.05, 0.1) is 41.6 Å². The van der Waals surface area contributed by atoms with Crippen molar-refractivity contribution in [3.8, 4) is 5.75 Å². The second-order valence-electron chi connectivity index (χ2n) is 7.50.